The number of hydrogen-bond acceptors (Lipinski definition) is 3. The number of aromatic hydroxyl groups is 1. The molecule has 1 aromatic rings. The largest absolute Gasteiger partial charge is 0.507 e. The lowest BCUT2D eigenvalue weighted by Gasteiger charge is -2.35. The standard InChI is InChI=1S/C19H28O2S/c1-12-13(2)18-15(9-10-19(3,4)21-18)16(17(12)20)11-22-14-7-5-6-8-14/h14,20H,5-11H2,1-4H3. The second-order valence-corrected chi connectivity index (χ2v) is 8.75. The molecule has 0 radical (unpaired) electrons. The number of phenols is 1. The maximum absolute atomic E-state index is 10.7. The molecule has 1 aliphatic carbocycles. The summed E-state index contributed by atoms with van der Waals surface area (Å²) in [6.45, 7) is 8.40. The van der Waals surface area contributed by atoms with E-state index in [0.29, 0.717) is 5.75 Å². The minimum atomic E-state index is -0.100. The fraction of sp³-hybridized carbons (Fsp3) is 0.684. The van der Waals surface area contributed by atoms with Gasteiger partial charge in [-0.05, 0) is 64.5 Å². The zero-order valence-corrected chi connectivity index (χ0v) is 15.1. The Bertz CT molecular complexity index is 572. The Morgan fingerprint density at radius 2 is 1.86 bits per heavy atom. The second-order valence-electron chi connectivity index (χ2n) is 7.46. The van der Waals surface area contributed by atoms with Gasteiger partial charge >= 0.3 is 0 Å². The van der Waals surface area contributed by atoms with Gasteiger partial charge in [-0.2, -0.15) is 11.8 Å². The number of phenolic OH excluding ortho intramolecular Hbond substituents is 1. The van der Waals surface area contributed by atoms with Crippen molar-refractivity contribution in [3.05, 3.63) is 22.3 Å². The van der Waals surface area contributed by atoms with E-state index < -0.39 is 0 Å². The highest BCUT2D eigenvalue weighted by Crippen LogP contribution is 2.45. The topological polar surface area (TPSA) is 29.5 Å². The molecule has 122 valence electrons. The smallest absolute Gasteiger partial charge is 0.127 e. The van der Waals surface area contributed by atoms with Gasteiger partial charge in [0.25, 0.3) is 0 Å². The molecule has 0 bridgehead atoms. The van der Waals surface area contributed by atoms with Crippen molar-refractivity contribution in [3.63, 3.8) is 0 Å². The lowest BCUT2D eigenvalue weighted by atomic mass is 9.88. The Morgan fingerprint density at radius 3 is 2.55 bits per heavy atom. The molecule has 3 rings (SSSR count). The molecule has 22 heavy (non-hydrogen) atoms. The van der Waals surface area contributed by atoms with E-state index in [0.717, 1.165) is 46.3 Å². The van der Waals surface area contributed by atoms with Gasteiger partial charge in [-0.3, -0.25) is 0 Å². The molecule has 0 amide bonds. The van der Waals surface area contributed by atoms with E-state index >= 15 is 0 Å². The first kappa shape index (κ1) is 16.0. The molecule has 1 aromatic carbocycles. The fourth-order valence-electron chi connectivity index (χ4n) is 3.65. The summed E-state index contributed by atoms with van der Waals surface area (Å²) >= 11 is 2.02. The van der Waals surface area contributed by atoms with Crippen LogP contribution in [0.1, 0.15) is 68.2 Å². The van der Waals surface area contributed by atoms with Gasteiger partial charge in [-0.15, -0.1) is 0 Å². The molecule has 2 aliphatic rings. The Balaban J connectivity index is 1.93. The number of benzene rings is 1. The Labute approximate surface area is 138 Å². The van der Waals surface area contributed by atoms with E-state index in [1.807, 2.05) is 18.7 Å². The van der Waals surface area contributed by atoms with Gasteiger partial charge in [0.2, 0.25) is 0 Å². The Morgan fingerprint density at radius 1 is 1.18 bits per heavy atom. The minimum Gasteiger partial charge on any atom is -0.507 e. The first-order chi connectivity index (χ1) is 10.4. The first-order valence-corrected chi connectivity index (χ1v) is 9.58. The monoisotopic (exact) mass is 320 g/mol. The van der Waals surface area contributed by atoms with Crippen molar-refractivity contribution >= 4 is 11.8 Å². The van der Waals surface area contributed by atoms with Gasteiger partial charge in [0.05, 0.1) is 0 Å². The summed E-state index contributed by atoms with van der Waals surface area (Å²) in [5, 5.41) is 11.4. The molecule has 0 spiro atoms. The number of rotatable bonds is 3. The van der Waals surface area contributed by atoms with Crippen LogP contribution in [0, 0.1) is 13.8 Å². The molecule has 0 atom stereocenters. The molecule has 1 fully saturated rings. The van der Waals surface area contributed by atoms with Gasteiger partial charge in [-0.1, -0.05) is 12.8 Å². The molecule has 3 heteroatoms. The quantitative estimate of drug-likeness (QED) is 0.820. The summed E-state index contributed by atoms with van der Waals surface area (Å²) in [7, 11) is 0. The van der Waals surface area contributed by atoms with E-state index in [1.54, 1.807) is 0 Å². The third-order valence-corrected chi connectivity index (χ3v) is 6.70. The van der Waals surface area contributed by atoms with Crippen molar-refractivity contribution in [2.75, 3.05) is 0 Å². The third-order valence-electron chi connectivity index (χ3n) is 5.30. The third kappa shape index (κ3) is 2.97. The molecular weight excluding hydrogens is 292 g/mol. The Kier molecular flexibility index (Phi) is 4.37. The van der Waals surface area contributed by atoms with Crippen LogP contribution >= 0.6 is 11.8 Å². The molecule has 1 heterocycles. The molecular formula is C19H28O2S. The molecule has 0 unspecified atom stereocenters. The van der Waals surface area contributed by atoms with Crippen LogP contribution in [0.25, 0.3) is 0 Å². The van der Waals surface area contributed by atoms with Crippen LogP contribution in [-0.2, 0) is 12.2 Å². The summed E-state index contributed by atoms with van der Waals surface area (Å²) in [6.07, 6.45) is 7.43. The van der Waals surface area contributed by atoms with Crippen LogP contribution in [0.2, 0.25) is 0 Å². The van der Waals surface area contributed by atoms with E-state index in [-0.39, 0.29) is 5.60 Å². The van der Waals surface area contributed by atoms with Crippen molar-refractivity contribution in [2.45, 2.75) is 82.8 Å². The average molecular weight is 320 g/mol. The lowest BCUT2D eigenvalue weighted by molar-refractivity contribution is 0.0831. The van der Waals surface area contributed by atoms with Crippen LogP contribution in [0.5, 0.6) is 11.5 Å². The molecule has 1 saturated carbocycles. The van der Waals surface area contributed by atoms with E-state index in [9.17, 15) is 5.11 Å². The van der Waals surface area contributed by atoms with Gasteiger partial charge < -0.3 is 9.84 Å². The van der Waals surface area contributed by atoms with E-state index in [2.05, 4.69) is 20.8 Å². The van der Waals surface area contributed by atoms with Crippen LogP contribution in [0.3, 0.4) is 0 Å². The molecule has 1 N–H and O–H groups in total. The van der Waals surface area contributed by atoms with Crippen molar-refractivity contribution < 1.29 is 9.84 Å². The summed E-state index contributed by atoms with van der Waals surface area (Å²) in [6, 6.07) is 0. The van der Waals surface area contributed by atoms with Crippen molar-refractivity contribution in [2.24, 2.45) is 0 Å². The summed E-state index contributed by atoms with van der Waals surface area (Å²) in [4.78, 5) is 0. The maximum atomic E-state index is 10.7. The predicted molar refractivity (Wildman–Crippen MR) is 94.2 cm³/mol. The molecule has 1 aliphatic heterocycles. The summed E-state index contributed by atoms with van der Waals surface area (Å²) < 4.78 is 6.28. The number of thioether (sulfide) groups is 1. The van der Waals surface area contributed by atoms with E-state index in [1.165, 1.54) is 31.2 Å². The molecule has 0 saturated heterocycles. The molecule has 2 nitrogen and oxygen atoms in total. The zero-order valence-electron chi connectivity index (χ0n) is 14.3. The molecule has 0 aromatic heterocycles. The highest BCUT2D eigenvalue weighted by atomic mass is 32.2. The lowest BCUT2D eigenvalue weighted by Crippen LogP contribution is -2.33. The number of ether oxygens (including phenoxy) is 1. The maximum Gasteiger partial charge on any atom is 0.127 e. The van der Waals surface area contributed by atoms with Gasteiger partial charge in [0.1, 0.15) is 17.1 Å². The summed E-state index contributed by atoms with van der Waals surface area (Å²) in [5.74, 6) is 2.46. The van der Waals surface area contributed by atoms with Crippen molar-refractivity contribution in [1.29, 1.82) is 0 Å². The normalized spacial score (nSPS) is 20.7. The van der Waals surface area contributed by atoms with Crippen molar-refractivity contribution in [3.8, 4) is 11.5 Å². The zero-order chi connectivity index (χ0) is 15.9. The van der Waals surface area contributed by atoms with Gasteiger partial charge in [-0.25, -0.2) is 0 Å². The Hall–Kier alpha value is -0.830. The second kappa shape index (κ2) is 5.99. The highest BCUT2D eigenvalue weighted by Gasteiger charge is 2.32. The van der Waals surface area contributed by atoms with Crippen LogP contribution < -0.4 is 4.74 Å². The SMILES string of the molecule is Cc1c(C)c2c(c(CSC3CCCC3)c1O)CCC(C)(C)O2. The number of fused-ring (bicyclic) bond motifs is 1. The van der Waals surface area contributed by atoms with E-state index in [4.69, 9.17) is 4.74 Å². The average Bonchev–Trinajstić information content (AvgIpc) is 2.98. The number of hydrogen-bond donors (Lipinski definition) is 1. The van der Waals surface area contributed by atoms with Gasteiger partial charge in [0.15, 0.2) is 0 Å². The first-order valence-electron chi connectivity index (χ1n) is 8.53. The highest BCUT2D eigenvalue weighted by molar-refractivity contribution is 7.99. The predicted octanol–water partition coefficient (Wildman–Crippen LogP) is 5.29. The summed E-state index contributed by atoms with van der Waals surface area (Å²) in [5.41, 5.74) is 4.38. The van der Waals surface area contributed by atoms with Crippen LogP contribution in [0.15, 0.2) is 0 Å². The minimum absolute atomic E-state index is 0.100. The van der Waals surface area contributed by atoms with Crippen molar-refractivity contribution in [1.82, 2.24) is 0 Å². The fourth-order valence-corrected chi connectivity index (χ4v) is 5.03. The van der Waals surface area contributed by atoms with Crippen LogP contribution in [-0.4, -0.2) is 16.0 Å². The van der Waals surface area contributed by atoms with Crippen LogP contribution in [0.4, 0.5) is 0 Å². The van der Waals surface area contributed by atoms with Gasteiger partial charge in [0, 0.05) is 22.1 Å².